The van der Waals surface area contributed by atoms with Crippen LogP contribution >= 0.6 is 0 Å². The number of aryl methyl sites for hydroxylation is 1. The Kier molecular flexibility index (Phi) is 5.91. The van der Waals surface area contributed by atoms with Gasteiger partial charge in [0, 0.05) is 38.7 Å². The van der Waals surface area contributed by atoms with E-state index in [0.29, 0.717) is 0 Å². The van der Waals surface area contributed by atoms with Gasteiger partial charge in [0.05, 0.1) is 17.1 Å². The van der Waals surface area contributed by atoms with Crippen LogP contribution in [0.1, 0.15) is 5.56 Å². The molecule has 0 spiro atoms. The minimum absolute atomic E-state index is 1.10. The zero-order chi connectivity index (χ0) is 33.6. The van der Waals surface area contributed by atoms with Gasteiger partial charge in [-0.3, -0.25) is 0 Å². The van der Waals surface area contributed by atoms with Crippen molar-refractivity contribution in [3.05, 3.63) is 175 Å². The number of rotatable bonds is 3. The third-order valence-corrected chi connectivity index (χ3v) is 11.0. The van der Waals surface area contributed by atoms with Gasteiger partial charge in [-0.05, 0) is 91.3 Å². The number of hydrogen-bond acceptors (Lipinski definition) is 2. The normalized spacial score (nSPS) is 12.4. The first-order valence-corrected chi connectivity index (χ1v) is 17.7. The maximum Gasteiger partial charge on any atom is 0.0554 e. The average molecular weight is 649 g/mol. The molecule has 11 rings (SSSR count). The molecule has 2 nitrogen and oxygen atoms in total. The summed E-state index contributed by atoms with van der Waals surface area (Å²) < 4.78 is 0. The molecule has 0 fully saturated rings. The molecule has 0 saturated heterocycles. The molecular weight excluding hydrogens is 617 g/mol. The zero-order valence-electron chi connectivity index (χ0n) is 28.1. The summed E-state index contributed by atoms with van der Waals surface area (Å²) in [4.78, 5) is 2.54. The molecule has 1 aliphatic rings. The van der Waals surface area contributed by atoms with Gasteiger partial charge >= 0.3 is 0 Å². The van der Waals surface area contributed by atoms with E-state index in [0.717, 1.165) is 11.4 Å². The smallest absolute Gasteiger partial charge is 0.0554 e. The predicted molar refractivity (Wildman–Crippen MR) is 220 cm³/mol. The summed E-state index contributed by atoms with van der Waals surface area (Å²) in [6, 6.07) is 62.4. The summed E-state index contributed by atoms with van der Waals surface area (Å²) in [6.07, 6.45) is 0. The molecule has 10 aromatic carbocycles. The molecule has 0 aromatic heterocycles. The van der Waals surface area contributed by atoms with Crippen LogP contribution in [0.4, 0.5) is 28.4 Å². The highest BCUT2D eigenvalue weighted by molar-refractivity contribution is 6.30. The summed E-state index contributed by atoms with van der Waals surface area (Å²) in [5.41, 5.74) is 9.56. The average Bonchev–Trinajstić information content (AvgIpc) is 3.18. The van der Waals surface area contributed by atoms with E-state index in [1.807, 2.05) is 0 Å². The number of fused-ring (bicyclic) bond motifs is 10. The van der Waals surface area contributed by atoms with Crippen molar-refractivity contribution in [1.82, 2.24) is 0 Å². The van der Waals surface area contributed by atoms with Crippen LogP contribution in [0.3, 0.4) is 0 Å². The highest BCUT2D eigenvalue weighted by Crippen LogP contribution is 2.58. The molecule has 0 aliphatic carbocycles. The summed E-state index contributed by atoms with van der Waals surface area (Å²) in [7, 11) is 0. The van der Waals surface area contributed by atoms with E-state index in [1.54, 1.807) is 0 Å². The van der Waals surface area contributed by atoms with E-state index < -0.39 is 0 Å². The van der Waals surface area contributed by atoms with Crippen molar-refractivity contribution in [1.29, 1.82) is 0 Å². The topological polar surface area (TPSA) is 15.3 Å². The van der Waals surface area contributed by atoms with Gasteiger partial charge in [0.2, 0.25) is 0 Å². The summed E-state index contributed by atoms with van der Waals surface area (Å²) in [6.45, 7) is 2.28. The van der Waals surface area contributed by atoms with E-state index in [9.17, 15) is 0 Å². The summed E-state index contributed by atoms with van der Waals surface area (Å²) in [5, 5.41) is 19.0. The molecule has 2 heteroatoms. The van der Waals surface area contributed by atoms with Gasteiger partial charge in [0.15, 0.2) is 0 Å². The maximum atomic E-state index is 4.00. The first-order chi connectivity index (χ1) is 25.2. The number of nitrogens with one attached hydrogen (secondary N) is 1. The summed E-state index contributed by atoms with van der Waals surface area (Å²) >= 11 is 0. The molecule has 0 bridgehead atoms. The molecule has 0 radical (unpaired) electrons. The Morgan fingerprint density at radius 2 is 0.922 bits per heavy atom. The van der Waals surface area contributed by atoms with Gasteiger partial charge in [0.1, 0.15) is 0 Å². The molecule has 238 valence electrons. The second kappa shape index (κ2) is 10.7. The van der Waals surface area contributed by atoms with Crippen LogP contribution in [0, 0.1) is 6.92 Å². The minimum Gasteiger partial charge on any atom is -0.354 e. The molecule has 0 atom stereocenters. The molecule has 51 heavy (non-hydrogen) atoms. The monoisotopic (exact) mass is 648 g/mol. The van der Waals surface area contributed by atoms with Crippen molar-refractivity contribution in [2.75, 3.05) is 10.2 Å². The second-order valence-corrected chi connectivity index (χ2v) is 13.8. The second-order valence-electron chi connectivity index (χ2n) is 13.8. The Morgan fingerprint density at radius 1 is 0.353 bits per heavy atom. The van der Waals surface area contributed by atoms with E-state index in [2.05, 4.69) is 187 Å². The van der Waals surface area contributed by atoms with Crippen molar-refractivity contribution >= 4 is 93.1 Å². The van der Waals surface area contributed by atoms with Crippen molar-refractivity contribution in [2.45, 2.75) is 6.92 Å². The van der Waals surface area contributed by atoms with Crippen molar-refractivity contribution in [3.8, 4) is 11.1 Å². The SMILES string of the molecule is Cc1cc2ccccc2c2ccc3c(c12)-c1c(Nc2cccc4ccccc24)ccc2c1c(cc1ccccc12)N3c1cccc2ccccc12. The largest absolute Gasteiger partial charge is 0.354 e. The number of anilines is 5. The van der Waals surface area contributed by atoms with Gasteiger partial charge < -0.3 is 10.2 Å². The van der Waals surface area contributed by atoms with Crippen LogP contribution in [-0.2, 0) is 0 Å². The Morgan fingerprint density at radius 3 is 1.69 bits per heavy atom. The lowest BCUT2D eigenvalue weighted by molar-refractivity contribution is 1.31. The first-order valence-electron chi connectivity index (χ1n) is 17.7. The van der Waals surface area contributed by atoms with Crippen molar-refractivity contribution in [2.24, 2.45) is 0 Å². The number of hydrogen-bond donors (Lipinski definition) is 1. The predicted octanol–water partition coefficient (Wildman–Crippen LogP) is 14.1. The quantitative estimate of drug-likeness (QED) is 0.192. The van der Waals surface area contributed by atoms with Crippen LogP contribution in [0.25, 0.3) is 75.8 Å². The molecule has 10 aromatic rings. The lowest BCUT2D eigenvalue weighted by Crippen LogP contribution is -2.16. The van der Waals surface area contributed by atoms with E-state index in [1.165, 1.54) is 98.4 Å². The molecule has 1 N–H and O–H groups in total. The Hall–Kier alpha value is -6.64. The van der Waals surface area contributed by atoms with E-state index in [-0.39, 0.29) is 0 Å². The fourth-order valence-corrected chi connectivity index (χ4v) is 8.83. The van der Waals surface area contributed by atoms with Crippen molar-refractivity contribution in [3.63, 3.8) is 0 Å². The van der Waals surface area contributed by atoms with E-state index in [4.69, 9.17) is 0 Å². The zero-order valence-corrected chi connectivity index (χ0v) is 28.1. The molecule has 0 unspecified atom stereocenters. The van der Waals surface area contributed by atoms with Crippen molar-refractivity contribution < 1.29 is 0 Å². The fourth-order valence-electron chi connectivity index (χ4n) is 8.83. The van der Waals surface area contributed by atoms with Gasteiger partial charge in [-0.15, -0.1) is 0 Å². The van der Waals surface area contributed by atoms with E-state index >= 15 is 0 Å². The van der Waals surface area contributed by atoms with Crippen LogP contribution < -0.4 is 10.2 Å². The van der Waals surface area contributed by atoms with Gasteiger partial charge in [-0.1, -0.05) is 140 Å². The molecule has 0 amide bonds. The Balaban J connectivity index is 1.34. The highest BCUT2D eigenvalue weighted by Gasteiger charge is 2.32. The number of benzene rings is 10. The molecule has 1 heterocycles. The third-order valence-electron chi connectivity index (χ3n) is 11.0. The minimum atomic E-state index is 1.10. The maximum absolute atomic E-state index is 4.00. The molecule has 0 saturated carbocycles. The van der Waals surface area contributed by atoms with Crippen LogP contribution in [0.2, 0.25) is 0 Å². The van der Waals surface area contributed by atoms with Gasteiger partial charge in [0.25, 0.3) is 0 Å². The Labute approximate surface area is 295 Å². The highest BCUT2D eigenvalue weighted by atomic mass is 15.2. The third kappa shape index (κ3) is 4.05. The molecule has 1 aliphatic heterocycles. The van der Waals surface area contributed by atoms with Crippen LogP contribution in [-0.4, -0.2) is 0 Å². The Bertz CT molecular complexity index is 3070. The van der Waals surface area contributed by atoms with Crippen LogP contribution in [0.5, 0.6) is 0 Å². The fraction of sp³-hybridized carbons (Fsp3) is 0.0204. The standard InChI is InChI=1S/C49H32N2/c1-30-28-33-14-4-6-18-35(33)39-25-27-44-49(46(30)39)48-42(50-41-22-10-16-31-12-2-8-20-37(31)41)26-24-40-36-19-7-5-15-34(36)29-45(47(40)48)51(44)43-23-11-17-32-13-3-9-21-38(32)43/h2-29,50H,1H3. The lowest BCUT2D eigenvalue weighted by Gasteiger charge is -2.36. The van der Waals surface area contributed by atoms with Crippen LogP contribution in [0.15, 0.2) is 170 Å². The van der Waals surface area contributed by atoms with Gasteiger partial charge in [-0.25, -0.2) is 0 Å². The summed E-state index contributed by atoms with van der Waals surface area (Å²) in [5.74, 6) is 0. The van der Waals surface area contributed by atoms with Gasteiger partial charge in [-0.2, -0.15) is 0 Å². The molecular formula is C49H32N2. The first kappa shape index (κ1) is 28.2. The number of nitrogens with zero attached hydrogens (tertiary/aromatic N) is 1. The lowest BCUT2D eigenvalue weighted by atomic mass is 9.82.